The minimum Gasteiger partial charge on any atom is -0.236 e. The number of hydrogen-bond acceptors (Lipinski definition) is 1. The summed E-state index contributed by atoms with van der Waals surface area (Å²) in [5, 5.41) is 1.14. The Morgan fingerprint density at radius 2 is 1.37 bits per heavy atom. The Bertz CT molecular complexity index is 1570. The molecule has 0 aliphatic heterocycles. The summed E-state index contributed by atoms with van der Waals surface area (Å²) in [6.07, 6.45) is 4.23. The Balaban J connectivity index is 1.57. The van der Waals surface area contributed by atoms with Crippen LogP contribution in [0.15, 0.2) is 91.5 Å². The number of aryl methyl sites for hydroxylation is 2. The van der Waals surface area contributed by atoms with Gasteiger partial charge < -0.3 is 0 Å². The van der Waals surface area contributed by atoms with E-state index in [1.165, 1.54) is 11.0 Å². The van der Waals surface area contributed by atoms with Crippen molar-refractivity contribution in [3.63, 3.8) is 0 Å². The van der Waals surface area contributed by atoms with Crippen molar-refractivity contribution < 1.29 is 9.13 Å². The molecule has 0 aliphatic carbocycles. The zero-order valence-corrected chi connectivity index (χ0v) is 16.9. The Morgan fingerprint density at radius 3 is 2.23 bits per heavy atom. The van der Waals surface area contributed by atoms with Gasteiger partial charge in [-0.1, -0.05) is 41.4 Å². The fraction of sp³-hybridized carbons (Fsp3) is 0.0800. The zero-order chi connectivity index (χ0) is 20.2. The van der Waals surface area contributed by atoms with Gasteiger partial charge in [0.25, 0.3) is 0 Å². The molecule has 0 saturated carbocycles. The van der Waals surface area contributed by atoms with E-state index in [2.05, 4.69) is 111 Å². The molecule has 0 fully saturated rings. The second-order valence-electron chi connectivity index (χ2n) is 7.73. The molecule has 5 nitrogen and oxygen atoms in total. The minimum atomic E-state index is 0.969. The summed E-state index contributed by atoms with van der Waals surface area (Å²) in [4.78, 5) is 4.88. The summed E-state index contributed by atoms with van der Waals surface area (Å²) in [5.41, 5.74) is 7.70. The third kappa shape index (κ3) is 2.45. The van der Waals surface area contributed by atoms with Crippen molar-refractivity contribution in [3.05, 3.63) is 91.5 Å². The minimum absolute atomic E-state index is 0.969. The molecular weight excluding hydrogens is 370 g/mol. The highest BCUT2D eigenvalue weighted by molar-refractivity contribution is 5.89. The lowest BCUT2D eigenvalue weighted by atomic mass is 10.2. The van der Waals surface area contributed by atoms with E-state index in [4.69, 9.17) is 4.98 Å². The molecule has 0 unspecified atom stereocenters. The second-order valence-corrected chi connectivity index (χ2v) is 7.73. The zero-order valence-electron chi connectivity index (χ0n) is 16.9. The van der Waals surface area contributed by atoms with Gasteiger partial charge in [0.2, 0.25) is 6.33 Å². The molecular formula is C25H21N5+2. The predicted molar refractivity (Wildman–Crippen MR) is 118 cm³/mol. The maximum atomic E-state index is 4.88. The van der Waals surface area contributed by atoms with Crippen LogP contribution in [0.4, 0.5) is 0 Å². The van der Waals surface area contributed by atoms with Crippen LogP contribution in [0.1, 0.15) is 0 Å². The SMILES string of the molecule is C[n+]1cn(-c2cccc(-n3c[n+](C)c4nc5ccccc5cc43)c2)c2ccccc21. The Labute approximate surface area is 173 Å². The van der Waals surface area contributed by atoms with Crippen LogP contribution >= 0.6 is 0 Å². The van der Waals surface area contributed by atoms with E-state index in [1.54, 1.807) is 0 Å². The molecule has 5 heteroatoms. The van der Waals surface area contributed by atoms with Crippen molar-refractivity contribution in [3.8, 4) is 11.4 Å². The van der Waals surface area contributed by atoms with Crippen LogP contribution in [-0.4, -0.2) is 14.1 Å². The summed E-state index contributed by atoms with van der Waals surface area (Å²) in [7, 11) is 4.13. The number of benzene rings is 3. The fourth-order valence-corrected chi connectivity index (χ4v) is 4.29. The summed E-state index contributed by atoms with van der Waals surface area (Å²) < 4.78 is 8.69. The smallest absolute Gasteiger partial charge is 0.236 e. The predicted octanol–water partition coefficient (Wildman–Crippen LogP) is 3.77. The van der Waals surface area contributed by atoms with Crippen molar-refractivity contribution in [1.29, 1.82) is 0 Å². The van der Waals surface area contributed by atoms with Gasteiger partial charge in [0, 0.05) is 11.5 Å². The third-order valence-corrected chi connectivity index (χ3v) is 5.76. The molecule has 0 saturated heterocycles. The number of fused-ring (bicyclic) bond motifs is 3. The molecule has 0 bridgehead atoms. The third-order valence-electron chi connectivity index (χ3n) is 5.76. The normalized spacial score (nSPS) is 11.7. The highest BCUT2D eigenvalue weighted by Gasteiger charge is 2.19. The number of nitrogens with zero attached hydrogens (tertiary/aromatic N) is 5. The number of imidazole rings is 2. The highest BCUT2D eigenvalue weighted by Crippen LogP contribution is 2.23. The van der Waals surface area contributed by atoms with Gasteiger partial charge in [-0.05, 0) is 36.4 Å². The first-order valence-corrected chi connectivity index (χ1v) is 10.0. The molecule has 0 spiro atoms. The summed E-state index contributed by atoms with van der Waals surface area (Å²) >= 11 is 0. The lowest BCUT2D eigenvalue weighted by Crippen LogP contribution is -2.26. The number of aromatic nitrogens is 5. The van der Waals surface area contributed by atoms with Crippen LogP contribution in [0.5, 0.6) is 0 Å². The molecule has 3 heterocycles. The molecule has 0 amide bonds. The average Bonchev–Trinajstić information content (AvgIpc) is 3.30. The monoisotopic (exact) mass is 391 g/mol. The van der Waals surface area contributed by atoms with Crippen molar-refractivity contribution in [2.24, 2.45) is 14.1 Å². The second kappa shape index (κ2) is 6.26. The van der Waals surface area contributed by atoms with Crippen LogP contribution in [0, 0.1) is 0 Å². The van der Waals surface area contributed by atoms with Crippen molar-refractivity contribution >= 4 is 33.1 Å². The fourth-order valence-electron chi connectivity index (χ4n) is 4.29. The average molecular weight is 391 g/mol. The molecule has 30 heavy (non-hydrogen) atoms. The van der Waals surface area contributed by atoms with Crippen LogP contribution in [0.2, 0.25) is 0 Å². The largest absolute Gasteiger partial charge is 0.302 e. The Hall–Kier alpha value is -3.99. The van der Waals surface area contributed by atoms with Gasteiger partial charge in [-0.3, -0.25) is 0 Å². The van der Waals surface area contributed by atoms with Gasteiger partial charge in [-0.25, -0.2) is 13.7 Å². The first-order chi connectivity index (χ1) is 14.7. The van der Waals surface area contributed by atoms with E-state index in [1.807, 2.05) is 13.1 Å². The topological polar surface area (TPSA) is 30.5 Å². The quantitative estimate of drug-likeness (QED) is 0.413. The first kappa shape index (κ1) is 16.9. The van der Waals surface area contributed by atoms with Crippen LogP contribution in [0.25, 0.3) is 44.5 Å². The Morgan fingerprint density at radius 1 is 0.667 bits per heavy atom. The van der Waals surface area contributed by atoms with Gasteiger partial charge in [-0.2, -0.15) is 4.57 Å². The standard InChI is InChI=1S/C25H21N5/c1-27-16-29(23-13-6-5-12-22(23)27)19-9-7-10-20(15-19)30-17-28(2)25-24(30)14-18-8-3-4-11-21(18)26-25/h3-17H,1-2H3/q+2. The van der Waals surface area contributed by atoms with Gasteiger partial charge in [0.05, 0.1) is 14.1 Å². The van der Waals surface area contributed by atoms with E-state index in [0.717, 1.165) is 33.4 Å². The molecule has 0 radical (unpaired) electrons. The first-order valence-electron chi connectivity index (χ1n) is 10.0. The molecule has 0 aliphatic rings. The summed E-state index contributed by atoms with van der Waals surface area (Å²) in [6.45, 7) is 0. The maximum Gasteiger partial charge on any atom is 0.302 e. The van der Waals surface area contributed by atoms with Gasteiger partial charge in [0.15, 0.2) is 22.9 Å². The molecule has 0 atom stereocenters. The molecule has 3 aromatic heterocycles. The van der Waals surface area contributed by atoms with Crippen LogP contribution in [0.3, 0.4) is 0 Å². The van der Waals surface area contributed by atoms with Crippen LogP contribution in [-0.2, 0) is 14.1 Å². The summed E-state index contributed by atoms with van der Waals surface area (Å²) in [5.74, 6) is 0. The maximum absolute atomic E-state index is 4.88. The lowest BCUT2D eigenvalue weighted by Gasteiger charge is -2.02. The molecule has 0 N–H and O–H groups in total. The summed E-state index contributed by atoms with van der Waals surface area (Å²) in [6, 6.07) is 27.6. The molecule has 6 aromatic rings. The number of para-hydroxylation sites is 3. The van der Waals surface area contributed by atoms with Crippen molar-refractivity contribution in [1.82, 2.24) is 14.1 Å². The van der Waals surface area contributed by atoms with E-state index < -0.39 is 0 Å². The number of rotatable bonds is 2. The van der Waals surface area contributed by atoms with E-state index >= 15 is 0 Å². The molecule has 3 aromatic carbocycles. The number of pyridine rings is 1. The van der Waals surface area contributed by atoms with Crippen molar-refractivity contribution in [2.75, 3.05) is 0 Å². The molecule has 6 rings (SSSR count). The molecule has 144 valence electrons. The van der Waals surface area contributed by atoms with Crippen molar-refractivity contribution in [2.45, 2.75) is 0 Å². The van der Waals surface area contributed by atoms with Gasteiger partial charge in [0.1, 0.15) is 16.9 Å². The van der Waals surface area contributed by atoms with Gasteiger partial charge in [-0.15, -0.1) is 0 Å². The number of hydrogen-bond donors (Lipinski definition) is 0. The van der Waals surface area contributed by atoms with Crippen LogP contribution < -0.4 is 9.13 Å². The lowest BCUT2D eigenvalue weighted by molar-refractivity contribution is -0.647. The van der Waals surface area contributed by atoms with E-state index in [9.17, 15) is 0 Å². The Kier molecular flexibility index (Phi) is 3.53. The van der Waals surface area contributed by atoms with Gasteiger partial charge >= 0.3 is 5.65 Å². The van der Waals surface area contributed by atoms with E-state index in [0.29, 0.717) is 0 Å². The highest BCUT2D eigenvalue weighted by atomic mass is 15.2. The van der Waals surface area contributed by atoms with E-state index in [-0.39, 0.29) is 0 Å².